The number of hydrogen-bond acceptors (Lipinski definition) is 4. The summed E-state index contributed by atoms with van der Waals surface area (Å²) in [6.07, 6.45) is 3.34. The van der Waals surface area contributed by atoms with Gasteiger partial charge < -0.3 is 22.1 Å². The lowest BCUT2D eigenvalue weighted by atomic mass is 10.0. The van der Waals surface area contributed by atoms with Crippen LogP contribution in [0.25, 0.3) is 0 Å². The van der Waals surface area contributed by atoms with Gasteiger partial charge in [-0.1, -0.05) is 6.92 Å². The molecule has 20 heavy (non-hydrogen) atoms. The van der Waals surface area contributed by atoms with Gasteiger partial charge in [0.1, 0.15) is 0 Å². The molecule has 1 unspecified atom stereocenters. The lowest BCUT2D eigenvalue weighted by Gasteiger charge is -2.11. The molecule has 7 heteroatoms. The maximum absolute atomic E-state index is 11.6. The molecule has 0 heterocycles. The van der Waals surface area contributed by atoms with E-state index in [2.05, 4.69) is 10.6 Å². The van der Waals surface area contributed by atoms with Crippen LogP contribution in [0, 0.1) is 5.92 Å². The third-order valence-corrected chi connectivity index (χ3v) is 2.93. The highest BCUT2D eigenvalue weighted by molar-refractivity contribution is 5.79. The smallest absolute Gasteiger partial charge is 0.233 e. The Morgan fingerprint density at radius 3 is 2.20 bits per heavy atom. The predicted molar refractivity (Wildman–Crippen MR) is 76.5 cm³/mol. The molecule has 0 saturated heterocycles. The van der Waals surface area contributed by atoms with Crippen LogP contribution in [0.1, 0.15) is 39.0 Å². The van der Waals surface area contributed by atoms with Crippen molar-refractivity contribution in [2.75, 3.05) is 19.6 Å². The second-order valence-electron chi connectivity index (χ2n) is 4.81. The van der Waals surface area contributed by atoms with Gasteiger partial charge in [-0.25, -0.2) is 0 Å². The Bertz CT molecular complexity index is 321. The molecule has 1 atom stereocenters. The lowest BCUT2D eigenvalue weighted by molar-refractivity contribution is -0.125. The number of unbranched alkanes of at least 4 members (excludes halogenated alkanes) is 2. The Morgan fingerprint density at radius 2 is 1.65 bits per heavy atom. The Balaban J connectivity index is 3.47. The molecule has 0 aromatic carbocycles. The first-order chi connectivity index (χ1) is 9.47. The van der Waals surface area contributed by atoms with Crippen molar-refractivity contribution in [3.05, 3.63) is 0 Å². The number of carbonyl (C=O) groups excluding carboxylic acids is 3. The number of hydrogen-bond donors (Lipinski definition) is 4. The second kappa shape index (κ2) is 11.2. The number of nitrogens with one attached hydrogen (secondary N) is 2. The Labute approximate surface area is 119 Å². The van der Waals surface area contributed by atoms with Gasteiger partial charge in [-0.2, -0.15) is 0 Å². The highest BCUT2D eigenvalue weighted by atomic mass is 16.2. The first kappa shape index (κ1) is 18.4. The Kier molecular flexibility index (Phi) is 10.3. The zero-order valence-electron chi connectivity index (χ0n) is 12.1. The van der Waals surface area contributed by atoms with Crippen molar-refractivity contribution in [2.45, 2.75) is 39.0 Å². The van der Waals surface area contributed by atoms with Crippen LogP contribution in [-0.4, -0.2) is 37.4 Å². The van der Waals surface area contributed by atoms with Crippen molar-refractivity contribution < 1.29 is 14.4 Å². The summed E-state index contributed by atoms with van der Waals surface area (Å²) < 4.78 is 0. The van der Waals surface area contributed by atoms with Crippen molar-refractivity contribution in [3.8, 4) is 0 Å². The Morgan fingerprint density at radius 1 is 1.05 bits per heavy atom. The first-order valence-electron chi connectivity index (χ1n) is 7.00. The van der Waals surface area contributed by atoms with Crippen molar-refractivity contribution in [2.24, 2.45) is 17.4 Å². The predicted octanol–water partition coefficient (Wildman–Crippen LogP) is -0.751. The van der Waals surface area contributed by atoms with E-state index in [9.17, 15) is 14.4 Å². The largest absolute Gasteiger partial charge is 0.370 e. The SMILES string of the molecule is CC(CCC(N)=O)C(=O)NCCCCCNC(=O)CN. The van der Waals surface area contributed by atoms with E-state index < -0.39 is 0 Å². The molecule has 0 saturated carbocycles. The summed E-state index contributed by atoms with van der Waals surface area (Å²) in [7, 11) is 0. The van der Waals surface area contributed by atoms with E-state index in [1.54, 1.807) is 6.92 Å². The zero-order chi connectivity index (χ0) is 15.4. The summed E-state index contributed by atoms with van der Waals surface area (Å²) >= 11 is 0. The molecule has 116 valence electrons. The van der Waals surface area contributed by atoms with Gasteiger partial charge in [0.25, 0.3) is 0 Å². The number of nitrogens with two attached hydrogens (primary N) is 2. The molecule has 0 rings (SSSR count). The fraction of sp³-hybridized carbons (Fsp3) is 0.769. The minimum Gasteiger partial charge on any atom is -0.370 e. The van der Waals surface area contributed by atoms with E-state index in [1.807, 2.05) is 0 Å². The number of primary amides is 1. The van der Waals surface area contributed by atoms with Crippen molar-refractivity contribution in [1.82, 2.24) is 10.6 Å². The molecular formula is C13H26N4O3. The molecule has 0 aliphatic rings. The molecule has 0 bridgehead atoms. The number of amides is 3. The van der Waals surface area contributed by atoms with E-state index in [4.69, 9.17) is 11.5 Å². The molecule has 0 aliphatic carbocycles. The standard InChI is InChI=1S/C13H26N4O3/c1-10(5-6-11(15)18)13(20)17-8-4-2-3-7-16-12(19)9-14/h10H,2-9,14H2,1H3,(H2,15,18)(H,16,19)(H,17,20). The third-order valence-electron chi connectivity index (χ3n) is 2.93. The average molecular weight is 286 g/mol. The minimum absolute atomic E-state index is 0.0131. The van der Waals surface area contributed by atoms with Crippen molar-refractivity contribution in [1.29, 1.82) is 0 Å². The van der Waals surface area contributed by atoms with Gasteiger partial charge in [-0.15, -0.1) is 0 Å². The maximum atomic E-state index is 11.6. The van der Waals surface area contributed by atoms with E-state index in [0.29, 0.717) is 19.5 Å². The average Bonchev–Trinajstić information content (AvgIpc) is 2.42. The van der Waals surface area contributed by atoms with Gasteiger partial charge in [-0.3, -0.25) is 14.4 Å². The monoisotopic (exact) mass is 286 g/mol. The summed E-state index contributed by atoms with van der Waals surface area (Å²) in [6, 6.07) is 0. The summed E-state index contributed by atoms with van der Waals surface area (Å²) in [5, 5.41) is 5.50. The van der Waals surface area contributed by atoms with Crippen molar-refractivity contribution in [3.63, 3.8) is 0 Å². The molecule has 0 fully saturated rings. The van der Waals surface area contributed by atoms with Crippen LogP contribution in [0.15, 0.2) is 0 Å². The van der Waals surface area contributed by atoms with Crippen LogP contribution in [0.4, 0.5) is 0 Å². The van der Waals surface area contributed by atoms with Crippen LogP contribution in [0.5, 0.6) is 0 Å². The number of rotatable bonds is 11. The van der Waals surface area contributed by atoms with Gasteiger partial charge in [0.05, 0.1) is 6.54 Å². The summed E-state index contributed by atoms with van der Waals surface area (Å²) in [6.45, 7) is 3.00. The van der Waals surface area contributed by atoms with E-state index in [-0.39, 0.29) is 36.6 Å². The molecule has 0 spiro atoms. The maximum Gasteiger partial charge on any atom is 0.233 e. The van der Waals surface area contributed by atoms with Crippen LogP contribution in [-0.2, 0) is 14.4 Å². The van der Waals surface area contributed by atoms with Gasteiger partial charge in [-0.05, 0) is 25.7 Å². The van der Waals surface area contributed by atoms with Crippen LogP contribution < -0.4 is 22.1 Å². The summed E-state index contributed by atoms with van der Waals surface area (Å²) in [4.78, 5) is 33.1. The first-order valence-corrected chi connectivity index (χ1v) is 7.00. The van der Waals surface area contributed by atoms with Gasteiger partial charge in [0, 0.05) is 25.4 Å². The Hall–Kier alpha value is -1.63. The van der Waals surface area contributed by atoms with Crippen LogP contribution in [0.2, 0.25) is 0 Å². The van der Waals surface area contributed by atoms with Crippen LogP contribution in [0.3, 0.4) is 0 Å². The zero-order valence-corrected chi connectivity index (χ0v) is 12.1. The topological polar surface area (TPSA) is 127 Å². The van der Waals surface area contributed by atoms with E-state index in [1.165, 1.54) is 0 Å². The normalized spacial score (nSPS) is 11.7. The summed E-state index contributed by atoms with van der Waals surface area (Å²) in [5.74, 6) is -0.792. The molecule has 0 radical (unpaired) electrons. The van der Waals surface area contributed by atoms with Gasteiger partial charge >= 0.3 is 0 Å². The summed E-state index contributed by atoms with van der Waals surface area (Å²) in [5.41, 5.74) is 10.2. The molecule has 6 N–H and O–H groups in total. The van der Waals surface area contributed by atoms with Crippen LogP contribution >= 0.6 is 0 Å². The second-order valence-corrected chi connectivity index (χ2v) is 4.81. The van der Waals surface area contributed by atoms with E-state index in [0.717, 1.165) is 19.3 Å². The molecular weight excluding hydrogens is 260 g/mol. The molecule has 3 amide bonds. The highest BCUT2D eigenvalue weighted by Crippen LogP contribution is 2.05. The van der Waals surface area contributed by atoms with E-state index >= 15 is 0 Å². The fourth-order valence-electron chi connectivity index (χ4n) is 1.60. The molecule has 0 aromatic rings. The lowest BCUT2D eigenvalue weighted by Crippen LogP contribution is -2.31. The van der Waals surface area contributed by atoms with Gasteiger partial charge in [0.2, 0.25) is 17.7 Å². The number of carbonyl (C=O) groups is 3. The third kappa shape index (κ3) is 10.3. The fourth-order valence-corrected chi connectivity index (χ4v) is 1.60. The highest BCUT2D eigenvalue weighted by Gasteiger charge is 2.12. The van der Waals surface area contributed by atoms with Gasteiger partial charge in [0.15, 0.2) is 0 Å². The molecule has 0 aliphatic heterocycles. The minimum atomic E-state index is -0.385. The quantitative estimate of drug-likeness (QED) is 0.373. The molecule has 7 nitrogen and oxygen atoms in total. The van der Waals surface area contributed by atoms with Crippen molar-refractivity contribution >= 4 is 17.7 Å². The molecule has 0 aromatic heterocycles.